The van der Waals surface area contributed by atoms with Gasteiger partial charge in [0.15, 0.2) is 8.32 Å². The summed E-state index contributed by atoms with van der Waals surface area (Å²) in [6.45, 7) is 8.72. The van der Waals surface area contributed by atoms with Gasteiger partial charge in [0.1, 0.15) is 0 Å². The third kappa shape index (κ3) is 3.95. The molecule has 29 heavy (non-hydrogen) atoms. The minimum atomic E-state index is -1.90. The zero-order chi connectivity index (χ0) is 20.3. The van der Waals surface area contributed by atoms with Crippen molar-refractivity contribution in [1.82, 2.24) is 0 Å². The Balaban J connectivity index is 1.68. The van der Waals surface area contributed by atoms with E-state index in [1.807, 2.05) is 0 Å². The molecule has 0 amide bonds. The highest BCUT2D eigenvalue weighted by Crippen LogP contribution is 2.49. The standard InChI is InChI=1S/C26H30O2Si/c1-4-27-19-26(20-28-29(2,3)18-21-12-6-5-7-13-21)24-16-10-8-14-22(24)23-15-9-11-17-25(23)26/h5-17H,4,18-20H2,1-3H3. The van der Waals surface area contributed by atoms with E-state index in [0.717, 1.165) is 6.04 Å². The number of ether oxygens (including phenoxy) is 1. The Bertz CT molecular complexity index is 920. The summed E-state index contributed by atoms with van der Waals surface area (Å²) >= 11 is 0. The SMILES string of the molecule is CCOCC1(CO[Si](C)(C)Cc2ccccc2)c2ccccc2-c2ccccc21. The number of hydrogen-bond donors (Lipinski definition) is 0. The fourth-order valence-corrected chi connectivity index (χ4v) is 6.46. The van der Waals surface area contributed by atoms with Crippen molar-refractivity contribution in [3.63, 3.8) is 0 Å². The topological polar surface area (TPSA) is 18.5 Å². The van der Waals surface area contributed by atoms with Gasteiger partial charge >= 0.3 is 0 Å². The van der Waals surface area contributed by atoms with Gasteiger partial charge in [-0.3, -0.25) is 0 Å². The fourth-order valence-electron chi connectivity index (χ4n) is 4.50. The second kappa shape index (κ2) is 8.27. The molecule has 0 unspecified atom stereocenters. The van der Waals surface area contributed by atoms with Crippen molar-refractivity contribution in [2.24, 2.45) is 0 Å². The molecule has 2 nitrogen and oxygen atoms in total. The molecular weight excluding hydrogens is 372 g/mol. The third-order valence-electron chi connectivity index (χ3n) is 5.91. The van der Waals surface area contributed by atoms with Crippen molar-refractivity contribution in [2.45, 2.75) is 31.5 Å². The predicted octanol–water partition coefficient (Wildman–Crippen LogP) is 5.99. The molecule has 0 aromatic heterocycles. The first-order valence-corrected chi connectivity index (χ1v) is 13.6. The van der Waals surface area contributed by atoms with Crippen LogP contribution in [-0.4, -0.2) is 28.1 Å². The maximum Gasteiger partial charge on any atom is 0.191 e. The van der Waals surface area contributed by atoms with Crippen LogP contribution in [0.2, 0.25) is 13.1 Å². The van der Waals surface area contributed by atoms with Crippen molar-refractivity contribution in [3.05, 3.63) is 95.6 Å². The second-order valence-electron chi connectivity index (χ2n) is 8.52. The van der Waals surface area contributed by atoms with Crippen LogP contribution in [-0.2, 0) is 20.6 Å². The zero-order valence-electron chi connectivity index (χ0n) is 17.7. The van der Waals surface area contributed by atoms with E-state index >= 15 is 0 Å². The van der Waals surface area contributed by atoms with Gasteiger partial charge in [-0.25, -0.2) is 0 Å². The molecule has 3 aromatic carbocycles. The average Bonchev–Trinajstić information content (AvgIpc) is 3.02. The molecule has 0 spiro atoms. The van der Waals surface area contributed by atoms with E-state index in [4.69, 9.17) is 9.16 Å². The Hall–Kier alpha value is -2.20. The van der Waals surface area contributed by atoms with E-state index in [0.29, 0.717) is 19.8 Å². The third-order valence-corrected chi connectivity index (χ3v) is 8.10. The highest BCUT2D eigenvalue weighted by Gasteiger charge is 2.44. The quantitative estimate of drug-likeness (QED) is 0.431. The first-order chi connectivity index (χ1) is 14.1. The van der Waals surface area contributed by atoms with Gasteiger partial charge in [0.2, 0.25) is 0 Å². The van der Waals surface area contributed by atoms with Crippen LogP contribution in [0.5, 0.6) is 0 Å². The molecular formula is C26H30O2Si. The van der Waals surface area contributed by atoms with E-state index in [2.05, 4.69) is 98.9 Å². The minimum Gasteiger partial charge on any atom is -0.416 e. The summed E-state index contributed by atoms with van der Waals surface area (Å²) in [7, 11) is -1.90. The molecule has 1 aliphatic carbocycles. The molecule has 3 heteroatoms. The van der Waals surface area contributed by atoms with E-state index < -0.39 is 8.32 Å². The fraction of sp³-hybridized carbons (Fsp3) is 0.308. The van der Waals surface area contributed by atoms with E-state index in [1.165, 1.54) is 27.8 Å². The smallest absolute Gasteiger partial charge is 0.191 e. The van der Waals surface area contributed by atoms with Gasteiger partial charge in [-0.2, -0.15) is 0 Å². The van der Waals surface area contributed by atoms with Crippen LogP contribution in [0, 0.1) is 0 Å². The van der Waals surface area contributed by atoms with Gasteiger partial charge in [0.25, 0.3) is 0 Å². The maximum atomic E-state index is 6.79. The Morgan fingerprint density at radius 3 is 1.86 bits per heavy atom. The lowest BCUT2D eigenvalue weighted by molar-refractivity contribution is 0.0817. The number of hydrogen-bond acceptors (Lipinski definition) is 2. The van der Waals surface area contributed by atoms with Crippen LogP contribution >= 0.6 is 0 Å². The highest BCUT2D eigenvalue weighted by atomic mass is 28.4. The normalized spacial score (nSPS) is 14.4. The molecule has 0 aliphatic heterocycles. The van der Waals surface area contributed by atoms with Gasteiger partial charge in [-0.15, -0.1) is 0 Å². The molecule has 3 aromatic rings. The average molecular weight is 403 g/mol. The molecule has 0 heterocycles. The van der Waals surface area contributed by atoms with Gasteiger partial charge < -0.3 is 9.16 Å². The number of benzene rings is 3. The van der Waals surface area contributed by atoms with E-state index in [9.17, 15) is 0 Å². The van der Waals surface area contributed by atoms with Crippen LogP contribution in [0.1, 0.15) is 23.6 Å². The molecule has 0 N–H and O–H groups in total. The molecule has 0 saturated carbocycles. The minimum absolute atomic E-state index is 0.246. The summed E-state index contributed by atoms with van der Waals surface area (Å²) < 4.78 is 12.8. The van der Waals surface area contributed by atoms with Gasteiger partial charge in [0, 0.05) is 13.2 Å². The van der Waals surface area contributed by atoms with Crippen molar-refractivity contribution >= 4 is 8.32 Å². The van der Waals surface area contributed by atoms with Crippen LogP contribution in [0.25, 0.3) is 11.1 Å². The lowest BCUT2D eigenvalue weighted by Crippen LogP contribution is -2.43. The maximum absolute atomic E-state index is 6.79. The molecule has 1 aliphatic rings. The van der Waals surface area contributed by atoms with Gasteiger partial charge in [0.05, 0.1) is 12.0 Å². The second-order valence-corrected chi connectivity index (χ2v) is 12.7. The summed E-state index contributed by atoms with van der Waals surface area (Å²) in [5.41, 5.74) is 6.40. The first-order valence-electron chi connectivity index (χ1n) is 10.5. The van der Waals surface area contributed by atoms with Crippen LogP contribution in [0.3, 0.4) is 0 Å². The molecule has 150 valence electrons. The Morgan fingerprint density at radius 2 is 1.28 bits per heavy atom. The molecule has 0 radical (unpaired) electrons. The van der Waals surface area contributed by atoms with Crippen LogP contribution < -0.4 is 0 Å². The summed E-state index contributed by atoms with van der Waals surface area (Å²) in [5.74, 6) is 0. The predicted molar refractivity (Wildman–Crippen MR) is 123 cm³/mol. The Kier molecular flexibility index (Phi) is 5.73. The van der Waals surface area contributed by atoms with Gasteiger partial charge in [-0.1, -0.05) is 78.9 Å². The summed E-state index contributed by atoms with van der Waals surface area (Å²) in [4.78, 5) is 0. The van der Waals surface area contributed by atoms with Crippen molar-refractivity contribution in [2.75, 3.05) is 19.8 Å². The highest BCUT2D eigenvalue weighted by molar-refractivity contribution is 6.70. The molecule has 0 fully saturated rings. The van der Waals surface area contributed by atoms with Crippen LogP contribution in [0.4, 0.5) is 0 Å². The lowest BCUT2D eigenvalue weighted by atomic mass is 9.79. The van der Waals surface area contributed by atoms with Crippen molar-refractivity contribution < 1.29 is 9.16 Å². The molecule has 0 bridgehead atoms. The Labute approximate surface area is 175 Å². The van der Waals surface area contributed by atoms with E-state index in [-0.39, 0.29) is 5.41 Å². The monoisotopic (exact) mass is 402 g/mol. The summed E-state index contributed by atoms with van der Waals surface area (Å²) in [6.07, 6.45) is 0. The molecule has 4 rings (SSSR count). The summed E-state index contributed by atoms with van der Waals surface area (Å²) in [6, 6.07) is 29.2. The Morgan fingerprint density at radius 1 is 0.724 bits per heavy atom. The van der Waals surface area contributed by atoms with Crippen LogP contribution in [0.15, 0.2) is 78.9 Å². The first kappa shape index (κ1) is 20.1. The zero-order valence-corrected chi connectivity index (χ0v) is 18.7. The van der Waals surface area contributed by atoms with Crippen molar-refractivity contribution in [3.8, 4) is 11.1 Å². The van der Waals surface area contributed by atoms with Gasteiger partial charge in [-0.05, 0) is 53.9 Å². The summed E-state index contributed by atoms with van der Waals surface area (Å²) in [5, 5.41) is 0. The largest absolute Gasteiger partial charge is 0.416 e. The lowest BCUT2D eigenvalue weighted by Gasteiger charge is -2.35. The number of rotatable bonds is 8. The molecule has 0 atom stereocenters. The van der Waals surface area contributed by atoms with E-state index in [1.54, 1.807) is 0 Å². The molecule has 0 saturated heterocycles. The number of fused-ring (bicyclic) bond motifs is 3. The van der Waals surface area contributed by atoms with Crippen molar-refractivity contribution in [1.29, 1.82) is 0 Å².